The Morgan fingerprint density at radius 2 is 2.16 bits per heavy atom. The first-order chi connectivity index (χ1) is 9.17. The maximum Gasteiger partial charge on any atom is 0.245 e. The molecule has 0 saturated carbocycles. The molecule has 0 atom stereocenters. The molecule has 0 amide bonds. The van der Waals surface area contributed by atoms with Crippen LogP contribution in [-0.2, 0) is 12.4 Å². The SMILES string of the molecule is COc1ncnc2c1nc(CCl)n2CCCC(C)C. The van der Waals surface area contributed by atoms with Gasteiger partial charge in [0, 0.05) is 6.54 Å². The van der Waals surface area contributed by atoms with Gasteiger partial charge >= 0.3 is 0 Å². The maximum atomic E-state index is 5.97. The summed E-state index contributed by atoms with van der Waals surface area (Å²) in [6, 6.07) is 0. The normalized spacial score (nSPS) is 11.4. The highest BCUT2D eigenvalue weighted by molar-refractivity contribution is 6.16. The summed E-state index contributed by atoms with van der Waals surface area (Å²) in [5, 5.41) is 0. The standard InChI is InChI=1S/C13H19ClN4O/c1-9(2)5-4-6-18-10(7-14)17-11-12(18)15-8-16-13(11)19-3/h8-9H,4-7H2,1-3H3. The van der Waals surface area contributed by atoms with Gasteiger partial charge in [0.05, 0.1) is 13.0 Å². The highest BCUT2D eigenvalue weighted by Crippen LogP contribution is 2.23. The van der Waals surface area contributed by atoms with Crippen molar-refractivity contribution in [2.45, 2.75) is 39.1 Å². The highest BCUT2D eigenvalue weighted by atomic mass is 35.5. The number of halogens is 1. The summed E-state index contributed by atoms with van der Waals surface area (Å²) in [7, 11) is 1.58. The molecule has 0 aliphatic carbocycles. The van der Waals surface area contributed by atoms with Crippen LogP contribution in [-0.4, -0.2) is 26.6 Å². The molecule has 2 rings (SSSR count). The Labute approximate surface area is 118 Å². The fourth-order valence-electron chi connectivity index (χ4n) is 2.10. The lowest BCUT2D eigenvalue weighted by Gasteiger charge is -2.08. The van der Waals surface area contributed by atoms with Crippen molar-refractivity contribution in [3.05, 3.63) is 12.2 Å². The Kier molecular flexibility index (Phi) is 4.58. The van der Waals surface area contributed by atoms with E-state index in [0.717, 1.165) is 24.4 Å². The Morgan fingerprint density at radius 3 is 2.79 bits per heavy atom. The van der Waals surface area contributed by atoms with Crippen LogP contribution >= 0.6 is 11.6 Å². The van der Waals surface area contributed by atoms with Crippen LogP contribution in [0.15, 0.2) is 6.33 Å². The first-order valence-electron chi connectivity index (χ1n) is 6.47. The van der Waals surface area contributed by atoms with Gasteiger partial charge in [0.1, 0.15) is 12.2 Å². The van der Waals surface area contributed by atoms with Gasteiger partial charge in [0.15, 0.2) is 11.2 Å². The van der Waals surface area contributed by atoms with Gasteiger partial charge < -0.3 is 9.30 Å². The van der Waals surface area contributed by atoms with Crippen LogP contribution in [0.2, 0.25) is 0 Å². The second-order valence-corrected chi connectivity index (χ2v) is 5.17. The Hall–Kier alpha value is -1.36. The third kappa shape index (κ3) is 2.97. The fraction of sp³-hybridized carbons (Fsp3) is 0.615. The smallest absolute Gasteiger partial charge is 0.245 e. The molecule has 19 heavy (non-hydrogen) atoms. The van der Waals surface area contributed by atoms with E-state index in [1.54, 1.807) is 7.11 Å². The molecule has 6 heteroatoms. The predicted molar refractivity (Wildman–Crippen MR) is 75.5 cm³/mol. The molecule has 2 heterocycles. The van der Waals surface area contributed by atoms with Crippen molar-refractivity contribution in [2.75, 3.05) is 7.11 Å². The summed E-state index contributed by atoms with van der Waals surface area (Å²) in [4.78, 5) is 12.9. The molecule has 0 aromatic carbocycles. The summed E-state index contributed by atoms with van der Waals surface area (Å²) < 4.78 is 7.28. The van der Waals surface area contributed by atoms with Gasteiger partial charge in [-0.2, -0.15) is 4.98 Å². The molecular formula is C13H19ClN4O. The quantitative estimate of drug-likeness (QED) is 0.764. The van der Waals surface area contributed by atoms with Crippen molar-refractivity contribution >= 4 is 22.8 Å². The van der Waals surface area contributed by atoms with E-state index < -0.39 is 0 Å². The number of ether oxygens (including phenoxy) is 1. The van der Waals surface area contributed by atoms with Crippen LogP contribution < -0.4 is 4.74 Å². The molecule has 0 unspecified atom stereocenters. The maximum absolute atomic E-state index is 5.97. The van der Waals surface area contributed by atoms with E-state index in [-0.39, 0.29) is 0 Å². The zero-order chi connectivity index (χ0) is 13.8. The number of fused-ring (bicyclic) bond motifs is 1. The van der Waals surface area contributed by atoms with Crippen LogP contribution in [0, 0.1) is 5.92 Å². The molecule has 0 radical (unpaired) electrons. The highest BCUT2D eigenvalue weighted by Gasteiger charge is 2.15. The van der Waals surface area contributed by atoms with Gasteiger partial charge in [-0.05, 0) is 18.8 Å². The molecule has 0 aliphatic rings. The number of methoxy groups -OCH3 is 1. The van der Waals surface area contributed by atoms with Gasteiger partial charge in [0.25, 0.3) is 0 Å². The molecule has 0 N–H and O–H groups in total. The van der Waals surface area contributed by atoms with E-state index in [2.05, 4.69) is 33.4 Å². The zero-order valence-corrected chi connectivity index (χ0v) is 12.3. The van der Waals surface area contributed by atoms with Crippen molar-refractivity contribution in [1.82, 2.24) is 19.5 Å². The number of hydrogen-bond donors (Lipinski definition) is 0. The first-order valence-corrected chi connectivity index (χ1v) is 7.00. The topological polar surface area (TPSA) is 52.8 Å². The number of rotatable bonds is 6. The number of aryl methyl sites for hydroxylation is 1. The van der Waals surface area contributed by atoms with E-state index in [9.17, 15) is 0 Å². The third-order valence-electron chi connectivity index (χ3n) is 3.05. The predicted octanol–water partition coefficient (Wildman–Crippen LogP) is 3.01. The van der Waals surface area contributed by atoms with Crippen LogP contribution in [0.5, 0.6) is 5.88 Å². The molecule has 0 aliphatic heterocycles. The van der Waals surface area contributed by atoms with Crippen molar-refractivity contribution in [3.8, 4) is 5.88 Å². The van der Waals surface area contributed by atoms with E-state index in [4.69, 9.17) is 16.3 Å². The number of aromatic nitrogens is 4. The molecule has 104 valence electrons. The van der Waals surface area contributed by atoms with Crippen LogP contribution in [0.3, 0.4) is 0 Å². The summed E-state index contributed by atoms with van der Waals surface area (Å²) >= 11 is 5.97. The molecule has 0 fully saturated rings. The third-order valence-corrected chi connectivity index (χ3v) is 3.29. The van der Waals surface area contributed by atoms with Gasteiger partial charge in [0.2, 0.25) is 5.88 Å². The van der Waals surface area contributed by atoms with Crippen LogP contribution in [0.4, 0.5) is 0 Å². The van der Waals surface area contributed by atoms with Crippen molar-refractivity contribution in [3.63, 3.8) is 0 Å². The molecular weight excluding hydrogens is 264 g/mol. The summed E-state index contributed by atoms with van der Waals surface area (Å²) in [6.07, 6.45) is 3.75. The molecule has 0 saturated heterocycles. The average Bonchev–Trinajstić information content (AvgIpc) is 2.76. The minimum atomic E-state index is 0.362. The largest absolute Gasteiger partial charge is 0.479 e. The molecule has 0 spiro atoms. The lowest BCUT2D eigenvalue weighted by Crippen LogP contribution is -2.04. The molecule has 2 aromatic heterocycles. The van der Waals surface area contributed by atoms with E-state index in [0.29, 0.717) is 23.2 Å². The Balaban J connectivity index is 2.35. The summed E-state index contributed by atoms with van der Waals surface area (Å²) in [5.41, 5.74) is 1.48. The Morgan fingerprint density at radius 1 is 1.37 bits per heavy atom. The van der Waals surface area contributed by atoms with Crippen molar-refractivity contribution in [1.29, 1.82) is 0 Å². The second-order valence-electron chi connectivity index (χ2n) is 4.90. The number of imidazole rings is 1. The van der Waals surface area contributed by atoms with Gasteiger partial charge in [-0.25, -0.2) is 9.97 Å². The Bertz CT molecular complexity index is 553. The molecule has 0 bridgehead atoms. The minimum Gasteiger partial charge on any atom is -0.479 e. The second kappa shape index (κ2) is 6.19. The van der Waals surface area contributed by atoms with Gasteiger partial charge in [-0.3, -0.25) is 0 Å². The summed E-state index contributed by atoms with van der Waals surface area (Å²) in [5.74, 6) is 2.37. The summed E-state index contributed by atoms with van der Waals surface area (Å²) in [6.45, 7) is 5.32. The van der Waals surface area contributed by atoms with Crippen LogP contribution in [0.25, 0.3) is 11.2 Å². The molecule has 5 nitrogen and oxygen atoms in total. The van der Waals surface area contributed by atoms with Gasteiger partial charge in [-0.15, -0.1) is 11.6 Å². The van der Waals surface area contributed by atoms with E-state index >= 15 is 0 Å². The lowest BCUT2D eigenvalue weighted by atomic mass is 10.1. The first kappa shape index (κ1) is 14.1. The fourth-order valence-corrected chi connectivity index (χ4v) is 2.31. The number of nitrogens with zero attached hydrogens (tertiary/aromatic N) is 4. The van der Waals surface area contributed by atoms with E-state index in [1.165, 1.54) is 12.7 Å². The van der Waals surface area contributed by atoms with Crippen molar-refractivity contribution < 1.29 is 4.74 Å². The van der Waals surface area contributed by atoms with Crippen molar-refractivity contribution in [2.24, 2.45) is 5.92 Å². The minimum absolute atomic E-state index is 0.362. The lowest BCUT2D eigenvalue weighted by molar-refractivity contribution is 0.401. The molecule has 2 aromatic rings. The van der Waals surface area contributed by atoms with E-state index in [1.807, 2.05) is 0 Å². The number of hydrogen-bond acceptors (Lipinski definition) is 4. The average molecular weight is 283 g/mol. The van der Waals surface area contributed by atoms with Crippen LogP contribution in [0.1, 0.15) is 32.5 Å². The van der Waals surface area contributed by atoms with Gasteiger partial charge in [-0.1, -0.05) is 13.8 Å². The monoisotopic (exact) mass is 282 g/mol. The zero-order valence-electron chi connectivity index (χ0n) is 11.6. The number of alkyl halides is 1.